The minimum atomic E-state index is 0.562. The lowest BCUT2D eigenvalue weighted by Gasteiger charge is -2.19. The maximum Gasteiger partial charge on any atom is 0.0367 e. The van der Waals surface area contributed by atoms with Crippen molar-refractivity contribution in [2.45, 2.75) is 19.0 Å². The van der Waals surface area contributed by atoms with E-state index in [1.807, 2.05) is 12.4 Å². The molecule has 0 spiro atoms. The van der Waals surface area contributed by atoms with E-state index in [2.05, 4.69) is 67.5 Å². The average Bonchev–Trinajstić information content (AvgIpc) is 2.96. The Balaban J connectivity index is 1.53. The van der Waals surface area contributed by atoms with Crippen LogP contribution in [0.2, 0.25) is 0 Å². The number of aromatic nitrogens is 1. The number of hydrogen-bond acceptors (Lipinski definition) is 3. The molecule has 104 valence electrons. The zero-order chi connectivity index (χ0) is 13.8. The molecule has 2 aromatic rings. The smallest absolute Gasteiger partial charge is 0.0367 e. The van der Waals surface area contributed by atoms with Crippen LogP contribution >= 0.6 is 15.9 Å². The van der Waals surface area contributed by atoms with Gasteiger partial charge < -0.3 is 10.2 Å². The summed E-state index contributed by atoms with van der Waals surface area (Å²) < 4.78 is 1.13. The number of halogens is 1. The number of pyridine rings is 1. The topological polar surface area (TPSA) is 28.2 Å². The van der Waals surface area contributed by atoms with Crippen molar-refractivity contribution in [3.8, 4) is 0 Å². The predicted molar refractivity (Wildman–Crippen MR) is 85.8 cm³/mol. The molecule has 3 rings (SSSR count). The summed E-state index contributed by atoms with van der Waals surface area (Å²) in [5, 5.41) is 3.63. The van der Waals surface area contributed by atoms with Crippen LogP contribution in [-0.4, -0.2) is 24.1 Å². The van der Waals surface area contributed by atoms with Gasteiger partial charge in [-0.1, -0.05) is 15.9 Å². The van der Waals surface area contributed by atoms with Gasteiger partial charge in [0, 0.05) is 48.2 Å². The van der Waals surface area contributed by atoms with Crippen LogP contribution in [0, 0.1) is 0 Å². The Hall–Kier alpha value is -1.39. The van der Waals surface area contributed by atoms with E-state index in [9.17, 15) is 0 Å². The Kier molecular flexibility index (Phi) is 4.33. The first-order chi connectivity index (χ1) is 9.81. The third-order valence-electron chi connectivity index (χ3n) is 3.72. The van der Waals surface area contributed by atoms with Crippen molar-refractivity contribution in [1.82, 2.24) is 10.3 Å². The fourth-order valence-corrected chi connectivity index (χ4v) is 2.84. The molecule has 0 saturated carbocycles. The lowest BCUT2D eigenvalue weighted by molar-refractivity contribution is 0.551. The summed E-state index contributed by atoms with van der Waals surface area (Å²) in [5.74, 6) is 0. The molecule has 1 aromatic carbocycles. The van der Waals surface area contributed by atoms with Crippen molar-refractivity contribution >= 4 is 21.6 Å². The molecule has 2 heterocycles. The standard InChI is InChI=1S/C16H18BrN3/c17-14-1-3-16(4-2-14)20-10-7-15(12-20)19-11-13-5-8-18-9-6-13/h1-6,8-9,15,19H,7,10-12H2/t15-/m0/s1. The van der Waals surface area contributed by atoms with Crippen LogP contribution in [0.3, 0.4) is 0 Å². The van der Waals surface area contributed by atoms with Gasteiger partial charge in [0.15, 0.2) is 0 Å². The molecule has 1 saturated heterocycles. The Morgan fingerprint density at radius 2 is 1.90 bits per heavy atom. The van der Waals surface area contributed by atoms with Gasteiger partial charge in [-0.05, 0) is 48.4 Å². The Morgan fingerprint density at radius 3 is 2.65 bits per heavy atom. The van der Waals surface area contributed by atoms with Gasteiger partial charge in [-0.25, -0.2) is 0 Å². The molecular formula is C16H18BrN3. The van der Waals surface area contributed by atoms with Crippen molar-refractivity contribution in [3.63, 3.8) is 0 Å². The average molecular weight is 332 g/mol. The van der Waals surface area contributed by atoms with Gasteiger partial charge in [0.25, 0.3) is 0 Å². The van der Waals surface area contributed by atoms with Crippen molar-refractivity contribution in [3.05, 3.63) is 58.8 Å². The van der Waals surface area contributed by atoms with E-state index in [0.29, 0.717) is 6.04 Å². The number of nitrogens with zero attached hydrogens (tertiary/aromatic N) is 2. The lowest BCUT2D eigenvalue weighted by Crippen LogP contribution is -2.32. The van der Waals surface area contributed by atoms with Crippen LogP contribution in [0.4, 0.5) is 5.69 Å². The van der Waals surface area contributed by atoms with Crippen molar-refractivity contribution in [2.75, 3.05) is 18.0 Å². The highest BCUT2D eigenvalue weighted by Crippen LogP contribution is 2.22. The predicted octanol–water partition coefficient (Wildman–Crippen LogP) is 3.21. The van der Waals surface area contributed by atoms with Gasteiger partial charge in [-0.15, -0.1) is 0 Å². The second kappa shape index (κ2) is 6.37. The van der Waals surface area contributed by atoms with Gasteiger partial charge in [-0.3, -0.25) is 4.98 Å². The molecule has 0 amide bonds. The summed E-state index contributed by atoms with van der Waals surface area (Å²) in [6.45, 7) is 3.11. The Morgan fingerprint density at radius 1 is 1.15 bits per heavy atom. The fraction of sp³-hybridized carbons (Fsp3) is 0.312. The number of hydrogen-bond donors (Lipinski definition) is 1. The number of benzene rings is 1. The van der Waals surface area contributed by atoms with Gasteiger partial charge in [0.2, 0.25) is 0 Å². The van der Waals surface area contributed by atoms with Crippen LogP contribution in [-0.2, 0) is 6.54 Å². The molecule has 4 heteroatoms. The highest BCUT2D eigenvalue weighted by molar-refractivity contribution is 9.10. The van der Waals surface area contributed by atoms with Crippen molar-refractivity contribution in [1.29, 1.82) is 0 Å². The first-order valence-corrected chi connectivity index (χ1v) is 7.73. The van der Waals surface area contributed by atoms with E-state index < -0.39 is 0 Å². The minimum Gasteiger partial charge on any atom is -0.370 e. The fourth-order valence-electron chi connectivity index (χ4n) is 2.58. The summed E-state index contributed by atoms with van der Waals surface area (Å²) in [7, 11) is 0. The molecule has 0 unspecified atom stereocenters. The minimum absolute atomic E-state index is 0.562. The number of nitrogens with one attached hydrogen (secondary N) is 1. The molecule has 0 bridgehead atoms. The van der Waals surface area contributed by atoms with Crippen LogP contribution in [0.15, 0.2) is 53.3 Å². The lowest BCUT2D eigenvalue weighted by atomic mass is 10.2. The number of anilines is 1. The SMILES string of the molecule is Brc1ccc(N2CC[C@H](NCc3ccncc3)C2)cc1. The molecule has 1 aliphatic rings. The summed E-state index contributed by atoms with van der Waals surface area (Å²) in [5.41, 5.74) is 2.60. The molecule has 0 radical (unpaired) electrons. The third kappa shape index (κ3) is 3.38. The largest absolute Gasteiger partial charge is 0.370 e. The normalized spacial score (nSPS) is 18.4. The van der Waals surface area contributed by atoms with Crippen LogP contribution in [0.5, 0.6) is 0 Å². The van der Waals surface area contributed by atoms with Gasteiger partial charge in [-0.2, -0.15) is 0 Å². The second-order valence-corrected chi connectivity index (χ2v) is 6.06. The third-order valence-corrected chi connectivity index (χ3v) is 4.25. The van der Waals surface area contributed by atoms with Crippen LogP contribution in [0.25, 0.3) is 0 Å². The molecule has 1 aliphatic heterocycles. The van der Waals surface area contributed by atoms with E-state index in [1.165, 1.54) is 17.7 Å². The Bertz CT molecular complexity index is 541. The number of rotatable bonds is 4. The highest BCUT2D eigenvalue weighted by Gasteiger charge is 2.21. The van der Waals surface area contributed by atoms with E-state index >= 15 is 0 Å². The van der Waals surface area contributed by atoms with E-state index in [4.69, 9.17) is 0 Å². The molecule has 1 fully saturated rings. The summed E-state index contributed by atoms with van der Waals surface area (Å²) in [6, 6.07) is 13.3. The summed E-state index contributed by atoms with van der Waals surface area (Å²) in [4.78, 5) is 6.49. The van der Waals surface area contributed by atoms with E-state index in [1.54, 1.807) is 0 Å². The van der Waals surface area contributed by atoms with Gasteiger partial charge >= 0.3 is 0 Å². The van der Waals surface area contributed by atoms with Crippen molar-refractivity contribution < 1.29 is 0 Å². The first-order valence-electron chi connectivity index (χ1n) is 6.94. The molecule has 1 aromatic heterocycles. The van der Waals surface area contributed by atoms with Crippen LogP contribution in [0.1, 0.15) is 12.0 Å². The highest BCUT2D eigenvalue weighted by atomic mass is 79.9. The zero-order valence-electron chi connectivity index (χ0n) is 11.3. The quantitative estimate of drug-likeness (QED) is 0.932. The Labute approximate surface area is 128 Å². The molecule has 3 nitrogen and oxygen atoms in total. The van der Waals surface area contributed by atoms with E-state index in [0.717, 1.165) is 24.1 Å². The molecule has 20 heavy (non-hydrogen) atoms. The zero-order valence-corrected chi connectivity index (χ0v) is 12.9. The molecule has 1 N–H and O–H groups in total. The van der Waals surface area contributed by atoms with Crippen LogP contribution < -0.4 is 10.2 Å². The maximum absolute atomic E-state index is 4.04. The summed E-state index contributed by atoms with van der Waals surface area (Å²) in [6.07, 6.45) is 4.89. The first kappa shape index (κ1) is 13.6. The van der Waals surface area contributed by atoms with Crippen molar-refractivity contribution in [2.24, 2.45) is 0 Å². The van der Waals surface area contributed by atoms with E-state index in [-0.39, 0.29) is 0 Å². The molecule has 1 atom stereocenters. The van der Waals surface area contributed by atoms with Gasteiger partial charge in [0.05, 0.1) is 0 Å². The maximum atomic E-state index is 4.04. The second-order valence-electron chi connectivity index (χ2n) is 5.14. The monoisotopic (exact) mass is 331 g/mol. The van der Waals surface area contributed by atoms with Gasteiger partial charge in [0.1, 0.15) is 0 Å². The molecule has 0 aliphatic carbocycles. The summed E-state index contributed by atoms with van der Waals surface area (Å²) >= 11 is 3.48. The molecular weight excluding hydrogens is 314 g/mol.